The molecule has 10 heteroatoms. The van der Waals surface area contributed by atoms with E-state index in [0.717, 1.165) is 18.3 Å². The van der Waals surface area contributed by atoms with Crippen LogP contribution in [-0.2, 0) is 6.18 Å². The minimum absolute atomic E-state index is 0.00500. The molecule has 112 valence electrons. The zero-order valence-corrected chi connectivity index (χ0v) is 11.8. The molecule has 0 amide bonds. The molecule has 0 spiro atoms. The summed E-state index contributed by atoms with van der Waals surface area (Å²) in [5.74, 6) is 3.87. The average molecular weight is 366 g/mol. The molecule has 0 saturated carbocycles. The van der Waals surface area contributed by atoms with Crippen molar-refractivity contribution < 1.29 is 17.6 Å². The standard InChI is InChI=1S/C11H8BrF4N5/c12-6-2-1-5(11(14,15)16)3-8(6)19-9-7(13)4-18-10(20-9)21-17/h1-4H,17H2,(H2,18,19,20,21). The number of hydrogen-bond acceptors (Lipinski definition) is 5. The number of benzene rings is 1. The number of nitrogens with two attached hydrogens (primary N) is 1. The zero-order chi connectivity index (χ0) is 15.6. The van der Waals surface area contributed by atoms with Crippen molar-refractivity contribution in [2.75, 3.05) is 10.7 Å². The molecule has 0 fully saturated rings. The predicted octanol–water partition coefficient (Wildman–Crippen LogP) is 3.43. The van der Waals surface area contributed by atoms with Gasteiger partial charge in [0.15, 0.2) is 11.6 Å². The van der Waals surface area contributed by atoms with E-state index < -0.39 is 17.6 Å². The number of halogens is 5. The molecule has 2 aromatic rings. The van der Waals surface area contributed by atoms with Gasteiger partial charge < -0.3 is 5.32 Å². The molecule has 2 rings (SSSR count). The van der Waals surface area contributed by atoms with Crippen LogP contribution in [0.25, 0.3) is 0 Å². The van der Waals surface area contributed by atoms with E-state index in [1.54, 1.807) is 0 Å². The van der Waals surface area contributed by atoms with Gasteiger partial charge in [-0.05, 0) is 34.1 Å². The minimum atomic E-state index is -4.51. The summed E-state index contributed by atoms with van der Waals surface area (Å²) in [7, 11) is 0. The topological polar surface area (TPSA) is 75.9 Å². The van der Waals surface area contributed by atoms with Gasteiger partial charge in [-0.15, -0.1) is 0 Å². The van der Waals surface area contributed by atoms with E-state index in [2.05, 4.69) is 36.6 Å². The monoisotopic (exact) mass is 365 g/mol. The molecule has 0 bridgehead atoms. The van der Waals surface area contributed by atoms with Gasteiger partial charge >= 0.3 is 6.18 Å². The van der Waals surface area contributed by atoms with Crippen LogP contribution < -0.4 is 16.6 Å². The number of alkyl halides is 3. The molecule has 0 aliphatic rings. The molecule has 0 aliphatic heterocycles. The smallest absolute Gasteiger partial charge is 0.337 e. The van der Waals surface area contributed by atoms with Crippen LogP contribution in [0.2, 0.25) is 0 Å². The van der Waals surface area contributed by atoms with E-state index in [9.17, 15) is 17.6 Å². The fraction of sp³-hybridized carbons (Fsp3) is 0.0909. The quantitative estimate of drug-likeness (QED) is 0.441. The average Bonchev–Trinajstić information content (AvgIpc) is 2.42. The van der Waals surface area contributed by atoms with Crippen LogP contribution in [0, 0.1) is 5.82 Å². The number of nitrogen functional groups attached to an aromatic ring is 1. The lowest BCUT2D eigenvalue weighted by Crippen LogP contribution is -2.12. The van der Waals surface area contributed by atoms with Gasteiger partial charge in [-0.25, -0.2) is 15.2 Å². The van der Waals surface area contributed by atoms with Gasteiger partial charge in [-0.3, -0.25) is 5.43 Å². The Morgan fingerprint density at radius 2 is 1.95 bits per heavy atom. The van der Waals surface area contributed by atoms with Crippen molar-refractivity contribution in [3.63, 3.8) is 0 Å². The van der Waals surface area contributed by atoms with Crippen molar-refractivity contribution in [3.8, 4) is 0 Å². The summed E-state index contributed by atoms with van der Waals surface area (Å²) in [5, 5.41) is 2.46. The number of rotatable bonds is 3. The fourth-order valence-corrected chi connectivity index (χ4v) is 1.80. The maximum Gasteiger partial charge on any atom is 0.416 e. The number of nitrogens with one attached hydrogen (secondary N) is 2. The molecule has 0 saturated heterocycles. The Morgan fingerprint density at radius 3 is 2.57 bits per heavy atom. The van der Waals surface area contributed by atoms with Crippen LogP contribution in [-0.4, -0.2) is 9.97 Å². The summed E-state index contributed by atoms with van der Waals surface area (Å²) >= 11 is 3.08. The van der Waals surface area contributed by atoms with Crippen LogP contribution in [0.15, 0.2) is 28.9 Å². The summed E-state index contributed by atoms with van der Waals surface area (Å²) in [5.41, 5.74) is 1.24. The van der Waals surface area contributed by atoms with Gasteiger partial charge in [0, 0.05) is 4.47 Å². The van der Waals surface area contributed by atoms with Gasteiger partial charge in [-0.1, -0.05) is 0 Å². The number of anilines is 3. The highest BCUT2D eigenvalue weighted by molar-refractivity contribution is 9.10. The Kier molecular flexibility index (Phi) is 4.28. The summed E-state index contributed by atoms with van der Waals surface area (Å²) in [6.07, 6.45) is -3.67. The highest BCUT2D eigenvalue weighted by Crippen LogP contribution is 2.35. The maximum absolute atomic E-state index is 13.6. The maximum atomic E-state index is 13.6. The molecular formula is C11H8BrF4N5. The van der Waals surface area contributed by atoms with E-state index in [1.807, 2.05) is 0 Å². The van der Waals surface area contributed by atoms with Gasteiger partial charge in [0.1, 0.15) is 0 Å². The lowest BCUT2D eigenvalue weighted by atomic mass is 10.2. The number of hydrogen-bond donors (Lipinski definition) is 3. The molecule has 0 aliphatic carbocycles. The van der Waals surface area contributed by atoms with Crippen molar-refractivity contribution in [2.24, 2.45) is 5.84 Å². The van der Waals surface area contributed by atoms with E-state index in [1.165, 1.54) is 6.07 Å². The first-order valence-electron chi connectivity index (χ1n) is 5.44. The third kappa shape index (κ3) is 3.58. The number of nitrogens with zero attached hydrogens (tertiary/aromatic N) is 2. The lowest BCUT2D eigenvalue weighted by molar-refractivity contribution is -0.137. The Labute approximate surface area is 124 Å². The van der Waals surface area contributed by atoms with Crippen molar-refractivity contribution in [1.82, 2.24) is 9.97 Å². The van der Waals surface area contributed by atoms with Crippen LogP contribution >= 0.6 is 15.9 Å². The Bertz CT molecular complexity index is 662. The third-order valence-electron chi connectivity index (χ3n) is 2.42. The lowest BCUT2D eigenvalue weighted by Gasteiger charge is -2.12. The Balaban J connectivity index is 2.39. The third-order valence-corrected chi connectivity index (χ3v) is 3.11. The van der Waals surface area contributed by atoms with Gasteiger partial charge in [0.05, 0.1) is 17.4 Å². The largest absolute Gasteiger partial charge is 0.416 e. The normalized spacial score (nSPS) is 11.3. The molecule has 0 radical (unpaired) electrons. The van der Waals surface area contributed by atoms with Crippen molar-refractivity contribution in [2.45, 2.75) is 6.18 Å². The fourth-order valence-electron chi connectivity index (χ4n) is 1.45. The Morgan fingerprint density at radius 1 is 1.24 bits per heavy atom. The second-order valence-electron chi connectivity index (χ2n) is 3.85. The van der Waals surface area contributed by atoms with E-state index in [4.69, 9.17) is 5.84 Å². The van der Waals surface area contributed by atoms with Gasteiger partial charge in [-0.2, -0.15) is 18.2 Å². The van der Waals surface area contributed by atoms with Crippen LogP contribution in [0.4, 0.5) is 35.0 Å². The first-order valence-corrected chi connectivity index (χ1v) is 6.23. The molecule has 1 aromatic heterocycles. The van der Waals surface area contributed by atoms with Gasteiger partial charge in [0.25, 0.3) is 0 Å². The molecule has 0 atom stereocenters. The van der Waals surface area contributed by atoms with Crippen LogP contribution in [0.3, 0.4) is 0 Å². The zero-order valence-electron chi connectivity index (χ0n) is 10.2. The summed E-state index contributed by atoms with van der Waals surface area (Å²) in [6, 6.07) is 2.94. The number of hydrazine groups is 1. The predicted molar refractivity (Wildman–Crippen MR) is 72.2 cm³/mol. The summed E-state index contributed by atoms with van der Waals surface area (Å²) < 4.78 is 51.9. The Hall–Kier alpha value is -1.94. The first kappa shape index (κ1) is 15.4. The molecule has 1 heterocycles. The van der Waals surface area contributed by atoms with E-state index >= 15 is 0 Å². The van der Waals surface area contributed by atoms with Gasteiger partial charge in [0.2, 0.25) is 5.95 Å². The van der Waals surface area contributed by atoms with E-state index in [-0.39, 0.29) is 17.5 Å². The highest BCUT2D eigenvalue weighted by Gasteiger charge is 2.31. The van der Waals surface area contributed by atoms with Crippen LogP contribution in [0.5, 0.6) is 0 Å². The molecule has 5 nitrogen and oxygen atoms in total. The second kappa shape index (κ2) is 5.82. The highest BCUT2D eigenvalue weighted by atomic mass is 79.9. The number of aromatic nitrogens is 2. The van der Waals surface area contributed by atoms with Crippen molar-refractivity contribution in [1.29, 1.82) is 0 Å². The minimum Gasteiger partial charge on any atom is -0.337 e. The summed E-state index contributed by atoms with van der Waals surface area (Å²) in [4.78, 5) is 7.21. The molecule has 0 unspecified atom stereocenters. The first-order chi connectivity index (χ1) is 9.81. The van der Waals surface area contributed by atoms with Crippen LogP contribution in [0.1, 0.15) is 5.56 Å². The molecule has 4 N–H and O–H groups in total. The summed E-state index contributed by atoms with van der Waals surface area (Å²) in [6.45, 7) is 0. The molecule has 1 aromatic carbocycles. The molecular weight excluding hydrogens is 358 g/mol. The second-order valence-corrected chi connectivity index (χ2v) is 4.71. The SMILES string of the molecule is NNc1ncc(F)c(Nc2cc(C(F)(F)F)ccc2Br)n1. The van der Waals surface area contributed by atoms with Crippen molar-refractivity contribution in [3.05, 3.63) is 40.2 Å². The van der Waals surface area contributed by atoms with Crippen molar-refractivity contribution >= 4 is 33.4 Å². The van der Waals surface area contributed by atoms with E-state index in [0.29, 0.717) is 4.47 Å². The molecule has 21 heavy (non-hydrogen) atoms.